The third-order valence-electron chi connectivity index (χ3n) is 4.52. The molecule has 3 unspecified atom stereocenters. The molecule has 0 bridgehead atoms. The van der Waals surface area contributed by atoms with Gasteiger partial charge in [0.15, 0.2) is 0 Å². The molecule has 0 aliphatic heterocycles. The lowest BCUT2D eigenvalue weighted by atomic mass is 9.91. The molecule has 1 aliphatic rings. The van der Waals surface area contributed by atoms with Crippen LogP contribution in [0.3, 0.4) is 0 Å². The van der Waals surface area contributed by atoms with Crippen LogP contribution in [-0.4, -0.2) is 6.54 Å². The smallest absolute Gasteiger partial charge is 0.0360 e. The highest BCUT2D eigenvalue weighted by Crippen LogP contribution is 2.48. The number of benzene rings is 2. The molecule has 19 heavy (non-hydrogen) atoms. The zero-order valence-corrected chi connectivity index (χ0v) is 12.1. The van der Waals surface area contributed by atoms with E-state index in [0.29, 0.717) is 6.04 Å². The number of rotatable bonds is 4. The second-order valence-corrected chi connectivity index (χ2v) is 5.93. The van der Waals surface area contributed by atoms with Gasteiger partial charge in [-0.3, -0.25) is 0 Å². The Balaban J connectivity index is 2.13. The molecule has 1 fully saturated rings. The van der Waals surface area contributed by atoms with Crippen LogP contribution in [0, 0.1) is 18.8 Å². The van der Waals surface area contributed by atoms with Crippen molar-refractivity contribution in [1.29, 1.82) is 0 Å². The molecular weight excluding hydrogens is 230 g/mol. The van der Waals surface area contributed by atoms with Crippen LogP contribution in [0.5, 0.6) is 0 Å². The molecule has 1 nitrogen and oxygen atoms in total. The second-order valence-electron chi connectivity index (χ2n) is 5.93. The van der Waals surface area contributed by atoms with Gasteiger partial charge >= 0.3 is 0 Å². The summed E-state index contributed by atoms with van der Waals surface area (Å²) in [6.45, 7) is 7.87. The first kappa shape index (κ1) is 12.7. The van der Waals surface area contributed by atoms with E-state index in [1.807, 2.05) is 0 Å². The lowest BCUT2D eigenvalue weighted by molar-refractivity contribution is 0.477. The van der Waals surface area contributed by atoms with Gasteiger partial charge < -0.3 is 5.32 Å². The summed E-state index contributed by atoms with van der Waals surface area (Å²) in [4.78, 5) is 0. The van der Waals surface area contributed by atoms with Crippen LogP contribution in [-0.2, 0) is 0 Å². The van der Waals surface area contributed by atoms with E-state index in [2.05, 4.69) is 62.5 Å². The van der Waals surface area contributed by atoms with Crippen molar-refractivity contribution in [3.8, 4) is 0 Å². The molecule has 0 amide bonds. The topological polar surface area (TPSA) is 12.0 Å². The summed E-state index contributed by atoms with van der Waals surface area (Å²) in [5.74, 6) is 1.67. The van der Waals surface area contributed by atoms with E-state index in [0.717, 1.165) is 18.4 Å². The van der Waals surface area contributed by atoms with Crippen LogP contribution in [0.25, 0.3) is 10.8 Å². The Morgan fingerprint density at radius 1 is 1.21 bits per heavy atom. The second kappa shape index (κ2) is 4.97. The summed E-state index contributed by atoms with van der Waals surface area (Å²) >= 11 is 0. The quantitative estimate of drug-likeness (QED) is 0.848. The molecule has 2 aromatic carbocycles. The molecule has 0 spiro atoms. The van der Waals surface area contributed by atoms with Crippen LogP contribution in [0.1, 0.15) is 37.4 Å². The molecule has 1 saturated carbocycles. The molecule has 0 radical (unpaired) electrons. The van der Waals surface area contributed by atoms with Gasteiger partial charge in [0.2, 0.25) is 0 Å². The highest BCUT2D eigenvalue weighted by Gasteiger charge is 2.40. The molecule has 1 N–H and O–H groups in total. The number of fused-ring (bicyclic) bond motifs is 1. The van der Waals surface area contributed by atoms with Crippen LogP contribution in [0.15, 0.2) is 36.4 Å². The minimum absolute atomic E-state index is 0.520. The molecule has 1 aliphatic carbocycles. The highest BCUT2D eigenvalue weighted by molar-refractivity contribution is 5.87. The van der Waals surface area contributed by atoms with E-state index < -0.39 is 0 Å². The standard InChI is InChI=1S/C18H23N/c1-4-19-18(16-11-13(16)3)17-12(2)9-10-14-7-5-6-8-15(14)17/h5-10,13,16,18-19H,4,11H2,1-3H3. The maximum atomic E-state index is 3.72. The zero-order valence-electron chi connectivity index (χ0n) is 12.1. The van der Waals surface area contributed by atoms with Gasteiger partial charge in [0.25, 0.3) is 0 Å². The number of hydrogen-bond donors (Lipinski definition) is 1. The fourth-order valence-electron chi connectivity index (χ4n) is 3.32. The van der Waals surface area contributed by atoms with Crippen molar-refractivity contribution < 1.29 is 0 Å². The van der Waals surface area contributed by atoms with Gasteiger partial charge in [-0.2, -0.15) is 0 Å². The van der Waals surface area contributed by atoms with Crippen LogP contribution in [0.2, 0.25) is 0 Å². The van der Waals surface area contributed by atoms with Gasteiger partial charge in [0, 0.05) is 6.04 Å². The third kappa shape index (κ3) is 2.28. The van der Waals surface area contributed by atoms with Crippen LogP contribution >= 0.6 is 0 Å². The average Bonchev–Trinajstić information content (AvgIpc) is 3.14. The lowest BCUT2D eigenvalue weighted by Gasteiger charge is -2.22. The lowest BCUT2D eigenvalue weighted by Crippen LogP contribution is -2.24. The van der Waals surface area contributed by atoms with Crippen molar-refractivity contribution in [2.45, 2.75) is 33.2 Å². The SMILES string of the molecule is CCNC(c1c(C)ccc2ccccc12)C1CC1C. The van der Waals surface area contributed by atoms with Gasteiger partial charge in [0.1, 0.15) is 0 Å². The summed E-state index contributed by atoms with van der Waals surface area (Å²) in [6, 6.07) is 13.8. The van der Waals surface area contributed by atoms with Crippen molar-refractivity contribution in [1.82, 2.24) is 5.32 Å². The first-order valence-corrected chi connectivity index (χ1v) is 7.44. The molecule has 3 rings (SSSR count). The van der Waals surface area contributed by atoms with Gasteiger partial charge in [-0.15, -0.1) is 0 Å². The van der Waals surface area contributed by atoms with Gasteiger partial charge in [-0.05, 0) is 53.6 Å². The van der Waals surface area contributed by atoms with Crippen molar-refractivity contribution >= 4 is 10.8 Å². The number of nitrogens with one attached hydrogen (secondary N) is 1. The van der Waals surface area contributed by atoms with Crippen LogP contribution < -0.4 is 5.32 Å². The summed E-state index contributed by atoms with van der Waals surface area (Å²) in [5, 5.41) is 6.51. The minimum Gasteiger partial charge on any atom is -0.310 e. The van der Waals surface area contributed by atoms with Crippen molar-refractivity contribution in [2.24, 2.45) is 11.8 Å². The normalized spacial score (nSPS) is 23.5. The molecular formula is C18H23N. The predicted octanol–water partition coefficient (Wildman–Crippen LogP) is 4.45. The monoisotopic (exact) mass is 253 g/mol. The Hall–Kier alpha value is -1.34. The Morgan fingerprint density at radius 2 is 1.95 bits per heavy atom. The first-order valence-electron chi connectivity index (χ1n) is 7.44. The molecule has 3 atom stereocenters. The van der Waals surface area contributed by atoms with Crippen molar-refractivity contribution in [3.05, 3.63) is 47.5 Å². The van der Waals surface area contributed by atoms with E-state index in [-0.39, 0.29) is 0 Å². The van der Waals surface area contributed by atoms with Crippen molar-refractivity contribution in [3.63, 3.8) is 0 Å². The van der Waals surface area contributed by atoms with E-state index in [9.17, 15) is 0 Å². The largest absolute Gasteiger partial charge is 0.310 e. The molecule has 0 saturated heterocycles. The average molecular weight is 253 g/mol. The summed E-state index contributed by atoms with van der Waals surface area (Å²) in [6.07, 6.45) is 1.36. The number of hydrogen-bond acceptors (Lipinski definition) is 1. The summed E-state index contributed by atoms with van der Waals surface area (Å²) in [7, 11) is 0. The maximum Gasteiger partial charge on any atom is 0.0360 e. The van der Waals surface area contributed by atoms with Gasteiger partial charge in [-0.25, -0.2) is 0 Å². The van der Waals surface area contributed by atoms with E-state index in [4.69, 9.17) is 0 Å². The Bertz CT molecular complexity index is 587. The molecule has 100 valence electrons. The Labute approximate surface area is 116 Å². The van der Waals surface area contributed by atoms with Gasteiger partial charge in [-0.1, -0.05) is 50.2 Å². The zero-order chi connectivity index (χ0) is 13.4. The molecule has 0 heterocycles. The molecule has 0 aromatic heterocycles. The predicted molar refractivity (Wildman–Crippen MR) is 82.4 cm³/mol. The van der Waals surface area contributed by atoms with E-state index >= 15 is 0 Å². The fraction of sp³-hybridized carbons (Fsp3) is 0.444. The Morgan fingerprint density at radius 3 is 2.63 bits per heavy atom. The van der Waals surface area contributed by atoms with Crippen LogP contribution in [0.4, 0.5) is 0 Å². The van der Waals surface area contributed by atoms with Gasteiger partial charge in [0.05, 0.1) is 0 Å². The number of aryl methyl sites for hydroxylation is 1. The maximum absolute atomic E-state index is 3.72. The summed E-state index contributed by atoms with van der Waals surface area (Å²) in [5.41, 5.74) is 2.94. The van der Waals surface area contributed by atoms with Crippen molar-refractivity contribution in [2.75, 3.05) is 6.54 Å². The third-order valence-corrected chi connectivity index (χ3v) is 4.52. The minimum atomic E-state index is 0.520. The van der Waals surface area contributed by atoms with E-state index in [1.54, 1.807) is 0 Å². The van der Waals surface area contributed by atoms with E-state index in [1.165, 1.54) is 28.3 Å². The summed E-state index contributed by atoms with van der Waals surface area (Å²) < 4.78 is 0. The molecule has 1 heteroatoms. The highest BCUT2D eigenvalue weighted by atomic mass is 14.9. The first-order chi connectivity index (χ1) is 9.22. The molecule has 2 aromatic rings. The fourth-order valence-corrected chi connectivity index (χ4v) is 3.32. The Kier molecular flexibility index (Phi) is 3.32.